The van der Waals surface area contributed by atoms with Crippen LogP contribution in [0.3, 0.4) is 0 Å². The van der Waals surface area contributed by atoms with Crippen LogP contribution in [0.15, 0.2) is 40.9 Å². The van der Waals surface area contributed by atoms with Crippen LogP contribution < -0.4 is 5.32 Å². The molecule has 1 unspecified atom stereocenters. The topological polar surface area (TPSA) is 12.0 Å². The van der Waals surface area contributed by atoms with E-state index in [4.69, 9.17) is 0 Å². The summed E-state index contributed by atoms with van der Waals surface area (Å²) >= 11 is 3.55. The maximum absolute atomic E-state index is 3.55. The molecule has 1 nitrogen and oxygen atoms in total. The fourth-order valence-electron chi connectivity index (χ4n) is 2.90. The van der Waals surface area contributed by atoms with Crippen molar-refractivity contribution in [3.63, 3.8) is 0 Å². The molecule has 0 radical (unpaired) electrons. The Labute approximate surface area is 136 Å². The SMILES string of the molecule is CCc1ccc(CC)c(C(NC)c2ccc(Br)cc2C)c1. The highest BCUT2D eigenvalue weighted by Crippen LogP contribution is 2.30. The van der Waals surface area contributed by atoms with Gasteiger partial charge in [-0.25, -0.2) is 0 Å². The predicted octanol–water partition coefficient (Wildman–Crippen LogP) is 5.19. The zero-order valence-corrected chi connectivity index (χ0v) is 14.9. The van der Waals surface area contributed by atoms with Gasteiger partial charge in [-0.3, -0.25) is 0 Å². The van der Waals surface area contributed by atoms with E-state index in [2.05, 4.69) is 78.4 Å². The van der Waals surface area contributed by atoms with Crippen molar-refractivity contribution in [3.8, 4) is 0 Å². The normalized spacial score (nSPS) is 12.4. The fraction of sp³-hybridized carbons (Fsp3) is 0.368. The van der Waals surface area contributed by atoms with E-state index in [1.807, 2.05) is 7.05 Å². The fourth-order valence-corrected chi connectivity index (χ4v) is 3.37. The summed E-state index contributed by atoms with van der Waals surface area (Å²) in [6, 6.07) is 13.7. The number of hydrogen-bond donors (Lipinski definition) is 1. The Morgan fingerprint density at radius 2 is 1.76 bits per heavy atom. The van der Waals surface area contributed by atoms with E-state index in [0.29, 0.717) is 0 Å². The Balaban J connectivity index is 2.54. The van der Waals surface area contributed by atoms with Gasteiger partial charge in [-0.1, -0.05) is 54.0 Å². The third-order valence-electron chi connectivity index (χ3n) is 4.14. The molecule has 1 N–H and O–H groups in total. The first kappa shape index (κ1) is 16.3. The molecule has 0 spiro atoms. The van der Waals surface area contributed by atoms with Crippen LogP contribution in [0.1, 0.15) is 47.7 Å². The average Bonchev–Trinajstić information content (AvgIpc) is 2.49. The summed E-state index contributed by atoms with van der Waals surface area (Å²) in [5.41, 5.74) is 6.90. The van der Waals surface area contributed by atoms with E-state index >= 15 is 0 Å². The molecule has 2 aromatic carbocycles. The molecule has 0 aliphatic rings. The number of aryl methyl sites for hydroxylation is 3. The summed E-state index contributed by atoms with van der Waals surface area (Å²) in [7, 11) is 2.05. The zero-order chi connectivity index (χ0) is 15.4. The number of rotatable bonds is 5. The Bertz CT molecular complexity index is 619. The lowest BCUT2D eigenvalue weighted by Crippen LogP contribution is -2.20. The van der Waals surface area contributed by atoms with Crippen molar-refractivity contribution in [1.82, 2.24) is 5.32 Å². The lowest BCUT2D eigenvalue weighted by molar-refractivity contribution is 0.678. The van der Waals surface area contributed by atoms with Crippen LogP contribution in [0, 0.1) is 6.92 Å². The van der Waals surface area contributed by atoms with Crippen LogP contribution in [-0.2, 0) is 12.8 Å². The summed E-state index contributed by atoms with van der Waals surface area (Å²) in [6.07, 6.45) is 2.14. The molecule has 0 heterocycles. The third-order valence-corrected chi connectivity index (χ3v) is 4.64. The smallest absolute Gasteiger partial charge is 0.0579 e. The highest BCUT2D eigenvalue weighted by molar-refractivity contribution is 9.10. The second-order valence-corrected chi connectivity index (χ2v) is 6.38. The zero-order valence-electron chi connectivity index (χ0n) is 13.3. The van der Waals surface area contributed by atoms with Crippen LogP contribution in [-0.4, -0.2) is 7.05 Å². The minimum Gasteiger partial charge on any atom is -0.309 e. The van der Waals surface area contributed by atoms with Crippen LogP contribution in [0.5, 0.6) is 0 Å². The molecule has 0 amide bonds. The monoisotopic (exact) mass is 345 g/mol. The molecule has 0 fully saturated rings. The highest BCUT2D eigenvalue weighted by Gasteiger charge is 2.17. The number of nitrogens with one attached hydrogen (secondary N) is 1. The van der Waals surface area contributed by atoms with Gasteiger partial charge in [0.2, 0.25) is 0 Å². The predicted molar refractivity (Wildman–Crippen MR) is 95.0 cm³/mol. The minimum atomic E-state index is 0.250. The summed E-state index contributed by atoms with van der Waals surface area (Å²) in [6.45, 7) is 6.62. The van der Waals surface area contributed by atoms with Crippen LogP contribution >= 0.6 is 15.9 Å². The Hall–Kier alpha value is -1.12. The van der Waals surface area contributed by atoms with E-state index in [1.165, 1.54) is 27.8 Å². The first-order valence-electron chi connectivity index (χ1n) is 7.65. The summed E-state index contributed by atoms with van der Waals surface area (Å²) in [5, 5.41) is 3.51. The van der Waals surface area contributed by atoms with Crippen molar-refractivity contribution in [3.05, 3.63) is 68.7 Å². The lowest BCUT2D eigenvalue weighted by Gasteiger charge is -2.23. The van der Waals surface area contributed by atoms with Crippen molar-refractivity contribution < 1.29 is 0 Å². The first-order valence-corrected chi connectivity index (χ1v) is 8.45. The van der Waals surface area contributed by atoms with Crippen molar-refractivity contribution >= 4 is 15.9 Å². The van der Waals surface area contributed by atoms with Gasteiger partial charge in [0.05, 0.1) is 6.04 Å². The molecule has 0 bridgehead atoms. The molecule has 2 heteroatoms. The van der Waals surface area contributed by atoms with E-state index in [-0.39, 0.29) is 6.04 Å². The third kappa shape index (κ3) is 3.56. The number of hydrogen-bond acceptors (Lipinski definition) is 1. The molecular weight excluding hydrogens is 322 g/mol. The van der Waals surface area contributed by atoms with Crippen molar-refractivity contribution in [2.45, 2.75) is 39.7 Å². The second kappa shape index (κ2) is 7.24. The van der Waals surface area contributed by atoms with Crippen LogP contribution in [0.25, 0.3) is 0 Å². The van der Waals surface area contributed by atoms with Crippen LogP contribution in [0.4, 0.5) is 0 Å². The van der Waals surface area contributed by atoms with Gasteiger partial charge in [-0.2, -0.15) is 0 Å². The van der Waals surface area contributed by atoms with Gasteiger partial charge < -0.3 is 5.32 Å². The second-order valence-electron chi connectivity index (χ2n) is 5.46. The summed E-state index contributed by atoms with van der Waals surface area (Å²) in [5.74, 6) is 0. The number of benzene rings is 2. The summed E-state index contributed by atoms with van der Waals surface area (Å²) < 4.78 is 1.14. The van der Waals surface area contributed by atoms with Gasteiger partial charge >= 0.3 is 0 Å². The molecule has 1 atom stereocenters. The molecule has 2 aromatic rings. The molecule has 0 aliphatic carbocycles. The van der Waals surface area contributed by atoms with Gasteiger partial charge in [0.1, 0.15) is 0 Å². The number of halogens is 1. The lowest BCUT2D eigenvalue weighted by atomic mass is 9.89. The molecule has 2 rings (SSSR count). The van der Waals surface area contributed by atoms with E-state index in [1.54, 1.807) is 0 Å². The maximum Gasteiger partial charge on any atom is 0.0579 e. The first-order chi connectivity index (χ1) is 10.1. The minimum absolute atomic E-state index is 0.250. The van der Waals surface area contributed by atoms with Crippen molar-refractivity contribution in [2.75, 3.05) is 7.05 Å². The van der Waals surface area contributed by atoms with Gasteiger partial charge in [-0.15, -0.1) is 0 Å². The molecule has 21 heavy (non-hydrogen) atoms. The van der Waals surface area contributed by atoms with Gasteiger partial charge in [0.25, 0.3) is 0 Å². The molecule has 0 aliphatic heterocycles. The molecule has 112 valence electrons. The van der Waals surface area contributed by atoms with Crippen LogP contribution in [0.2, 0.25) is 0 Å². The summed E-state index contributed by atoms with van der Waals surface area (Å²) in [4.78, 5) is 0. The van der Waals surface area contributed by atoms with Crippen molar-refractivity contribution in [1.29, 1.82) is 0 Å². The molecule has 0 saturated heterocycles. The Kier molecular flexibility index (Phi) is 5.60. The van der Waals surface area contributed by atoms with E-state index in [0.717, 1.165) is 17.3 Å². The van der Waals surface area contributed by atoms with Gasteiger partial charge in [-0.05, 0) is 66.8 Å². The molecule has 0 saturated carbocycles. The highest BCUT2D eigenvalue weighted by atomic mass is 79.9. The van der Waals surface area contributed by atoms with E-state index in [9.17, 15) is 0 Å². The quantitative estimate of drug-likeness (QED) is 0.785. The van der Waals surface area contributed by atoms with Gasteiger partial charge in [0, 0.05) is 4.47 Å². The van der Waals surface area contributed by atoms with Crippen molar-refractivity contribution in [2.24, 2.45) is 0 Å². The average molecular weight is 346 g/mol. The maximum atomic E-state index is 3.55. The molecule has 0 aromatic heterocycles. The van der Waals surface area contributed by atoms with Gasteiger partial charge in [0.15, 0.2) is 0 Å². The Morgan fingerprint density at radius 1 is 1.00 bits per heavy atom. The largest absolute Gasteiger partial charge is 0.309 e. The molecular formula is C19H24BrN. The van der Waals surface area contributed by atoms with E-state index < -0.39 is 0 Å². The Morgan fingerprint density at radius 3 is 2.33 bits per heavy atom. The standard InChI is InChI=1S/C19H24BrN/c1-5-14-7-8-15(6-2)18(12-14)19(21-4)17-10-9-16(20)11-13(17)3/h7-12,19,21H,5-6H2,1-4H3.